The van der Waals surface area contributed by atoms with Gasteiger partial charge in [-0.05, 0) is 42.7 Å². The summed E-state index contributed by atoms with van der Waals surface area (Å²) in [7, 11) is 0. The first-order chi connectivity index (χ1) is 19.6. The maximum absolute atomic E-state index is 15.0. The van der Waals surface area contributed by atoms with Crippen molar-refractivity contribution in [3.63, 3.8) is 0 Å². The molecule has 0 bridgehead atoms. The van der Waals surface area contributed by atoms with Crippen molar-refractivity contribution >= 4 is 11.7 Å². The van der Waals surface area contributed by atoms with E-state index in [0.29, 0.717) is 24.2 Å². The fraction of sp³-hybridized carbons (Fsp3) is 0.444. The number of H-pyrrole nitrogens is 1. The molecule has 2 aromatic heterocycles. The minimum absolute atomic E-state index is 0.175. The number of aryl methyl sites for hydroxylation is 1. The van der Waals surface area contributed by atoms with Crippen molar-refractivity contribution in [2.45, 2.75) is 62.3 Å². The number of nitrogens with one attached hydrogen (secondary N) is 2. The molecule has 1 aromatic carbocycles. The number of benzene rings is 1. The molecule has 2 aliphatic rings. The summed E-state index contributed by atoms with van der Waals surface area (Å²) in [5.41, 5.74) is 3.33. The largest absolute Gasteiger partial charge is 0.407 e. The van der Waals surface area contributed by atoms with E-state index in [0.717, 1.165) is 18.3 Å². The van der Waals surface area contributed by atoms with Crippen LogP contribution in [0.15, 0.2) is 41.5 Å². The van der Waals surface area contributed by atoms with Crippen molar-refractivity contribution in [1.82, 2.24) is 19.4 Å². The Kier molecular flexibility index (Phi) is 7.68. The normalized spacial score (nSPS) is 22.0. The van der Waals surface area contributed by atoms with Crippen LogP contribution in [0, 0.1) is 11.6 Å². The lowest BCUT2D eigenvalue weighted by Gasteiger charge is -2.40. The van der Waals surface area contributed by atoms with E-state index in [2.05, 4.69) is 15.3 Å². The molecule has 15 heteroatoms. The predicted molar refractivity (Wildman–Crippen MR) is 137 cm³/mol. The lowest BCUT2D eigenvalue weighted by molar-refractivity contribution is -0.149. The maximum Gasteiger partial charge on any atom is 0.407 e. The minimum Gasteiger partial charge on any atom is -0.329 e. The predicted octanol–water partition coefficient (Wildman–Crippen LogP) is 4.40. The summed E-state index contributed by atoms with van der Waals surface area (Å²) in [5, 5.41) is 2.65. The fourth-order valence-corrected chi connectivity index (χ4v) is 5.60. The average Bonchev–Trinajstić information content (AvgIpc) is 3.47. The van der Waals surface area contributed by atoms with E-state index >= 15 is 0 Å². The van der Waals surface area contributed by atoms with Crippen molar-refractivity contribution in [3.05, 3.63) is 81.2 Å². The Morgan fingerprint density at radius 2 is 1.86 bits per heavy atom. The van der Waals surface area contributed by atoms with Crippen molar-refractivity contribution in [2.75, 3.05) is 18.4 Å². The van der Waals surface area contributed by atoms with Crippen LogP contribution in [0.4, 0.5) is 36.6 Å². The van der Waals surface area contributed by atoms with Gasteiger partial charge in [0.05, 0.1) is 18.0 Å². The van der Waals surface area contributed by atoms with Gasteiger partial charge in [-0.2, -0.15) is 13.2 Å². The first kappa shape index (κ1) is 29.8. The van der Waals surface area contributed by atoms with Crippen molar-refractivity contribution in [1.29, 1.82) is 0 Å². The Morgan fingerprint density at radius 3 is 2.52 bits per heavy atom. The number of hydrogen-bond donors (Lipinski definition) is 3. The van der Waals surface area contributed by atoms with Crippen LogP contribution < -0.4 is 16.6 Å². The number of carbonyl (C=O) groups is 1. The van der Waals surface area contributed by atoms with Gasteiger partial charge in [0.15, 0.2) is 5.82 Å². The number of imidazole rings is 1. The van der Waals surface area contributed by atoms with Gasteiger partial charge in [-0.25, -0.2) is 22.5 Å². The smallest absolute Gasteiger partial charge is 0.329 e. The van der Waals surface area contributed by atoms with Crippen molar-refractivity contribution in [2.24, 2.45) is 5.73 Å². The van der Waals surface area contributed by atoms with Gasteiger partial charge in [0.2, 0.25) is 5.91 Å². The summed E-state index contributed by atoms with van der Waals surface area (Å²) in [6.07, 6.45) is -2.11. The van der Waals surface area contributed by atoms with E-state index in [1.54, 1.807) is 10.8 Å². The Morgan fingerprint density at radius 1 is 1.17 bits per heavy atom. The van der Waals surface area contributed by atoms with E-state index in [4.69, 9.17) is 5.73 Å². The summed E-state index contributed by atoms with van der Waals surface area (Å²) in [6, 6.07) is -0.00444. The number of amides is 1. The highest BCUT2D eigenvalue weighted by atomic mass is 19.4. The molecule has 226 valence electrons. The number of fused-ring (bicyclic) bond motifs is 1. The van der Waals surface area contributed by atoms with Gasteiger partial charge < -0.3 is 20.6 Å². The Labute approximate surface area is 234 Å². The molecule has 2 aliphatic heterocycles. The molecule has 1 amide bonds. The molecular formula is C27H27F7N6O2. The molecule has 4 N–H and O–H groups in total. The van der Waals surface area contributed by atoms with Crippen LogP contribution in [0.3, 0.4) is 0 Å². The molecule has 0 spiro atoms. The third kappa shape index (κ3) is 5.79. The SMILES string of the molecule is C[C@@H](C(=O)Nc1cn2c(n1)CC[C@@H]2c1cc(F)cc(F)c1)N1CCC(F)(F)C(c2c[nH]c(=O)c(C(N)C(F)(F)F)c2)C1. The van der Waals surface area contributed by atoms with Gasteiger partial charge in [-0.3, -0.25) is 14.5 Å². The van der Waals surface area contributed by atoms with Gasteiger partial charge in [0.1, 0.15) is 23.5 Å². The Balaban J connectivity index is 1.31. The number of anilines is 1. The van der Waals surface area contributed by atoms with Crippen LogP contribution >= 0.6 is 0 Å². The Bertz CT molecular complexity index is 1530. The number of carbonyl (C=O) groups excluding carboxylic acids is 1. The second-order valence-corrected chi connectivity index (χ2v) is 10.7. The van der Waals surface area contributed by atoms with E-state index in [-0.39, 0.29) is 24.5 Å². The van der Waals surface area contributed by atoms with Crippen LogP contribution in [0.5, 0.6) is 0 Å². The molecule has 1 saturated heterocycles. The molecule has 4 heterocycles. The van der Waals surface area contributed by atoms with Crippen LogP contribution in [0.25, 0.3) is 0 Å². The molecule has 4 atom stereocenters. The number of hydrogen-bond acceptors (Lipinski definition) is 5. The molecule has 5 rings (SSSR count). The van der Waals surface area contributed by atoms with Gasteiger partial charge in [0, 0.05) is 50.0 Å². The highest BCUT2D eigenvalue weighted by Crippen LogP contribution is 2.41. The third-order valence-corrected chi connectivity index (χ3v) is 7.94. The minimum atomic E-state index is -4.96. The van der Waals surface area contributed by atoms with Gasteiger partial charge >= 0.3 is 6.18 Å². The summed E-state index contributed by atoms with van der Waals surface area (Å²) in [4.78, 5) is 33.0. The zero-order valence-corrected chi connectivity index (χ0v) is 22.2. The zero-order valence-electron chi connectivity index (χ0n) is 22.2. The Hall–Kier alpha value is -3.72. The number of likely N-dealkylation sites (tertiary alicyclic amines) is 1. The zero-order chi connectivity index (χ0) is 30.6. The first-order valence-corrected chi connectivity index (χ1v) is 13.2. The second-order valence-electron chi connectivity index (χ2n) is 10.7. The molecule has 42 heavy (non-hydrogen) atoms. The van der Waals surface area contributed by atoms with Crippen LogP contribution in [-0.4, -0.2) is 56.6 Å². The van der Waals surface area contributed by atoms with Crippen LogP contribution in [-0.2, 0) is 11.2 Å². The molecule has 0 aliphatic carbocycles. The van der Waals surface area contributed by atoms with E-state index in [1.165, 1.54) is 24.0 Å². The topological polar surface area (TPSA) is 109 Å². The number of nitrogens with zero attached hydrogens (tertiary/aromatic N) is 3. The van der Waals surface area contributed by atoms with Crippen LogP contribution in [0.1, 0.15) is 60.3 Å². The third-order valence-electron chi connectivity index (χ3n) is 7.94. The molecule has 0 saturated carbocycles. The highest BCUT2D eigenvalue weighted by molar-refractivity contribution is 5.93. The molecule has 0 radical (unpaired) electrons. The lowest BCUT2D eigenvalue weighted by atomic mass is 9.86. The standard InChI is InChI=1S/C27H27F7N6O2/c1-13(24(41)38-21-12-40-20(2-3-22(40)37-21)14-6-16(28)9-17(29)7-14)39-5-4-26(30,31)19(11-39)15-8-18(25(42)36-10-15)23(35)27(32,33)34/h6-10,12-13,19-20,23H,2-5,11,35H2,1H3,(H,36,42)(H,38,41)/t13-,19?,20+,23?/m0/s1. The van der Waals surface area contributed by atoms with Crippen molar-refractivity contribution < 1.29 is 35.5 Å². The maximum atomic E-state index is 15.0. The summed E-state index contributed by atoms with van der Waals surface area (Å²) in [5.74, 6) is -6.18. The number of piperidine rings is 1. The first-order valence-electron chi connectivity index (χ1n) is 13.2. The fourth-order valence-electron chi connectivity index (χ4n) is 5.60. The monoisotopic (exact) mass is 600 g/mol. The number of rotatable bonds is 6. The molecular weight excluding hydrogens is 573 g/mol. The average molecular weight is 601 g/mol. The number of alkyl halides is 5. The lowest BCUT2D eigenvalue weighted by Crippen LogP contribution is -2.52. The number of pyridine rings is 1. The number of aromatic amines is 1. The summed E-state index contributed by atoms with van der Waals surface area (Å²) < 4.78 is 98.7. The number of nitrogens with two attached hydrogens (primary N) is 1. The van der Waals surface area contributed by atoms with Gasteiger partial charge in [0.25, 0.3) is 11.5 Å². The van der Waals surface area contributed by atoms with Crippen molar-refractivity contribution in [3.8, 4) is 0 Å². The van der Waals surface area contributed by atoms with E-state index in [9.17, 15) is 40.3 Å². The summed E-state index contributed by atoms with van der Waals surface area (Å²) >= 11 is 0. The molecule has 2 unspecified atom stereocenters. The second kappa shape index (κ2) is 10.8. The number of halogens is 7. The molecule has 1 fully saturated rings. The molecule has 8 nitrogen and oxygen atoms in total. The van der Waals surface area contributed by atoms with E-state index in [1.807, 2.05) is 0 Å². The highest BCUT2D eigenvalue weighted by Gasteiger charge is 2.47. The van der Waals surface area contributed by atoms with Gasteiger partial charge in [-0.1, -0.05) is 0 Å². The molecule has 3 aromatic rings. The quantitative estimate of drug-likeness (QED) is 0.364. The van der Waals surface area contributed by atoms with Crippen LogP contribution in [0.2, 0.25) is 0 Å². The van der Waals surface area contributed by atoms with E-state index < -0.39 is 71.2 Å². The number of aromatic nitrogens is 3. The summed E-state index contributed by atoms with van der Waals surface area (Å²) in [6.45, 7) is 0.931. The van der Waals surface area contributed by atoms with Gasteiger partial charge in [-0.15, -0.1) is 0 Å².